The predicted octanol–water partition coefficient (Wildman–Crippen LogP) is 2.38. The molecule has 0 bridgehead atoms. The van der Waals surface area contributed by atoms with E-state index in [1.165, 1.54) is 0 Å². The first-order chi connectivity index (χ1) is 10.7. The Morgan fingerprint density at radius 3 is 2.77 bits per heavy atom. The van der Waals surface area contributed by atoms with Crippen molar-refractivity contribution in [3.8, 4) is 11.5 Å². The van der Waals surface area contributed by atoms with E-state index in [-0.39, 0.29) is 6.10 Å². The fraction of sp³-hybridized carbons (Fsp3) is 0.562. The summed E-state index contributed by atoms with van der Waals surface area (Å²) >= 11 is 1.85. The molecule has 0 fully saturated rings. The molecule has 1 rings (SSSR count). The highest BCUT2D eigenvalue weighted by molar-refractivity contribution is 7.98. The van der Waals surface area contributed by atoms with Crippen molar-refractivity contribution in [1.29, 1.82) is 0 Å². The van der Waals surface area contributed by atoms with Crippen molar-refractivity contribution in [3.05, 3.63) is 24.3 Å². The Morgan fingerprint density at radius 2 is 2.09 bits per heavy atom. The fourth-order valence-corrected chi connectivity index (χ4v) is 2.27. The van der Waals surface area contributed by atoms with Crippen molar-refractivity contribution in [3.63, 3.8) is 0 Å². The van der Waals surface area contributed by atoms with Crippen LogP contribution in [0.15, 0.2) is 29.3 Å². The second-order valence-corrected chi connectivity index (χ2v) is 5.82. The summed E-state index contributed by atoms with van der Waals surface area (Å²) < 4.78 is 11.1. The average Bonchev–Trinajstić information content (AvgIpc) is 2.54. The van der Waals surface area contributed by atoms with Crippen LogP contribution in [0.1, 0.15) is 13.3 Å². The molecule has 124 valence electrons. The van der Waals surface area contributed by atoms with Gasteiger partial charge in [-0.15, -0.1) is 0 Å². The summed E-state index contributed by atoms with van der Waals surface area (Å²) in [4.78, 5) is 4.20. The Hall–Kier alpha value is -1.56. The van der Waals surface area contributed by atoms with E-state index in [1.807, 2.05) is 43.0 Å². The van der Waals surface area contributed by atoms with Gasteiger partial charge in [0.05, 0.1) is 13.7 Å². The van der Waals surface area contributed by atoms with Gasteiger partial charge in [0.1, 0.15) is 17.6 Å². The minimum atomic E-state index is 0.0249. The van der Waals surface area contributed by atoms with Gasteiger partial charge in [-0.2, -0.15) is 11.8 Å². The van der Waals surface area contributed by atoms with Gasteiger partial charge in [0.2, 0.25) is 0 Å². The van der Waals surface area contributed by atoms with E-state index in [0.717, 1.165) is 36.2 Å². The van der Waals surface area contributed by atoms with Crippen molar-refractivity contribution in [2.75, 3.05) is 39.3 Å². The molecule has 0 spiro atoms. The Balaban J connectivity index is 2.32. The van der Waals surface area contributed by atoms with E-state index in [2.05, 4.69) is 21.9 Å². The zero-order chi connectivity index (χ0) is 16.2. The number of guanidine groups is 1. The van der Waals surface area contributed by atoms with Crippen molar-refractivity contribution >= 4 is 17.7 Å². The molecule has 1 atom stereocenters. The molecule has 0 aromatic heterocycles. The predicted molar refractivity (Wildman–Crippen MR) is 95.4 cm³/mol. The molecule has 5 nitrogen and oxygen atoms in total. The van der Waals surface area contributed by atoms with Gasteiger partial charge in [-0.25, -0.2) is 0 Å². The normalized spacial score (nSPS) is 12.6. The molecule has 0 radical (unpaired) electrons. The van der Waals surface area contributed by atoms with E-state index in [0.29, 0.717) is 6.54 Å². The summed E-state index contributed by atoms with van der Waals surface area (Å²) in [5.41, 5.74) is 0. The standard InChI is InChI=1S/C16H27N3O2S/c1-13(21-15-8-5-7-14(11-15)20-3)12-19-16(17-2)18-9-6-10-22-4/h5,7-8,11,13H,6,9-10,12H2,1-4H3,(H2,17,18,19). The number of nitrogens with zero attached hydrogens (tertiary/aromatic N) is 1. The van der Waals surface area contributed by atoms with Crippen LogP contribution in [-0.4, -0.2) is 51.3 Å². The third-order valence-electron chi connectivity index (χ3n) is 2.98. The maximum absolute atomic E-state index is 5.87. The molecule has 0 saturated heterocycles. The zero-order valence-electron chi connectivity index (χ0n) is 13.9. The lowest BCUT2D eigenvalue weighted by Gasteiger charge is -2.18. The summed E-state index contributed by atoms with van der Waals surface area (Å²) in [6.07, 6.45) is 3.26. The maximum atomic E-state index is 5.87. The molecule has 1 aromatic rings. The molecule has 0 aliphatic rings. The molecule has 1 unspecified atom stereocenters. The topological polar surface area (TPSA) is 54.9 Å². The van der Waals surface area contributed by atoms with E-state index < -0.39 is 0 Å². The van der Waals surface area contributed by atoms with Crippen molar-refractivity contribution in [1.82, 2.24) is 10.6 Å². The molecule has 0 aliphatic carbocycles. The SMILES string of the molecule is CN=C(NCCCSC)NCC(C)Oc1cccc(OC)c1. The highest BCUT2D eigenvalue weighted by Crippen LogP contribution is 2.19. The molecular weight excluding hydrogens is 298 g/mol. The van der Waals surface area contributed by atoms with Crippen molar-refractivity contribution in [2.24, 2.45) is 4.99 Å². The smallest absolute Gasteiger partial charge is 0.191 e. The molecule has 22 heavy (non-hydrogen) atoms. The lowest BCUT2D eigenvalue weighted by atomic mass is 10.3. The summed E-state index contributed by atoms with van der Waals surface area (Å²) in [6, 6.07) is 7.62. The number of nitrogens with one attached hydrogen (secondary N) is 2. The fourth-order valence-electron chi connectivity index (χ4n) is 1.83. The summed E-state index contributed by atoms with van der Waals surface area (Å²) in [5, 5.41) is 6.56. The number of aliphatic imine (C=N–C) groups is 1. The summed E-state index contributed by atoms with van der Waals surface area (Å²) in [5.74, 6) is 3.56. The minimum absolute atomic E-state index is 0.0249. The first-order valence-corrected chi connectivity index (χ1v) is 8.83. The van der Waals surface area contributed by atoms with Crippen LogP contribution in [-0.2, 0) is 0 Å². The number of hydrogen-bond acceptors (Lipinski definition) is 4. The van der Waals surface area contributed by atoms with Gasteiger partial charge in [-0.05, 0) is 37.5 Å². The van der Waals surface area contributed by atoms with Crippen LogP contribution in [0.5, 0.6) is 11.5 Å². The number of methoxy groups -OCH3 is 1. The average molecular weight is 325 g/mol. The molecule has 1 aromatic carbocycles. The van der Waals surface area contributed by atoms with Crippen LogP contribution in [0, 0.1) is 0 Å². The van der Waals surface area contributed by atoms with E-state index in [1.54, 1.807) is 14.2 Å². The van der Waals surface area contributed by atoms with Crippen LogP contribution >= 0.6 is 11.8 Å². The highest BCUT2D eigenvalue weighted by atomic mass is 32.2. The Labute approximate surface area is 137 Å². The van der Waals surface area contributed by atoms with E-state index >= 15 is 0 Å². The molecular formula is C16H27N3O2S. The van der Waals surface area contributed by atoms with Crippen LogP contribution < -0.4 is 20.1 Å². The van der Waals surface area contributed by atoms with Gasteiger partial charge in [0.25, 0.3) is 0 Å². The maximum Gasteiger partial charge on any atom is 0.191 e. The molecule has 0 amide bonds. The quantitative estimate of drug-likeness (QED) is 0.415. The minimum Gasteiger partial charge on any atom is -0.497 e. The highest BCUT2D eigenvalue weighted by Gasteiger charge is 2.06. The van der Waals surface area contributed by atoms with Gasteiger partial charge in [-0.1, -0.05) is 6.07 Å². The van der Waals surface area contributed by atoms with Gasteiger partial charge in [0, 0.05) is 19.7 Å². The molecule has 0 aliphatic heterocycles. The molecule has 0 saturated carbocycles. The lowest BCUT2D eigenvalue weighted by Crippen LogP contribution is -2.42. The molecule has 2 N–H and O–H groups in total. The second-order valence-electron chi connectivity index (χ2n) is 4.83. The summed E-state index contributed by atoms with van der Waals surface area (Å²) in [6.45, 7) is 3.62. The third-order valence-corrected chi connectivity index (χ3v) is 3.67. The first kappa shape index (κ1) is 18.5. The third kappa shape index (κ3) is 7.45. The number of thioether (sulfide) groups is 1. The van der Waals surface area contributed by atoms with Crippen LogP contribution in [0.3, 0.4) is 0 Å². The number of rotatable bonds is 9. The van der Waals surface area contributed by atoms with Gasteiger partial charge >= 0.3 is 0 Å². The van der Waals surface area contributed by atoms with Crippen LogP contribution in [0.2, 0.25) is 0 Å². The Bertz CT molecular complexity index is 455. The zero-order valence-corrected chi connectivity index (χ0v) is 14.7. The van der Waals surface area contributed by atoms with E-state index in [9.17, 15) is 0 Å². The van der Waals surface area contributed by atoms with Crippen molar-refractivity contribution in [2.45, 2.75) is 19.4 Å². The van der Waals surface area contributed by atoms with Crippen LogP contribution in [0.4, 0.5) is 0 Å². The second kappa shape index (κ2) is 11.1. The number of ether oxygens (including phenoxy) is 2. The molecule has 0 heterocycles. The van der Waals surface area contributed by atoms with Crippen LogP contribution in [0.25, 0.3) is 0 Å². The van der Waals surface area contributed by atoms with Gasteiger partial charge in [0.15, 0.2) is 5.96 Å². The van der Waals surface area contributed by atoms with Gasteiger partial charge < -0.3 is 20.1 Å². The Morgan fingerprint density at radius 1 is 1.32 bits per heavy atom. The first-order valence-electron chi connectivity index (χ1n) is 7.43. The molecule has 6 heteroatoms. The largest absolute Gasteiger partial charge is 0.497 e. The van der Waals surface area contributed by atoms with Crippen molar-refractivity contribution < 1.29 is 9.47 Å². The van der Waals surface area contributed by atoms with Gasteiger partial charge in [-0.3, -0.25) is 4.99 Å². The lowest BCUT2D eigenvalue weighted by molar-refractivity contribution is 0.223. The number of hydrogen-bond donors (Lipinski definition) is 2. The van der Waals surface area contributed by atoms with E-state index in [4.69, 9.17) is 9.47 Å². The monoisotopic (exact) mass is 325 g/mol. The number of benzene rings is 1. The summed E-state index contributed by atoms with van der Waals surface area (Å²) in [7, 11) is 3.42. The Kier molecular flexibility index (Phi) is 9.30.